The van der Waals surface area contributed by atoms with Crippen molar-refractivity contribution in [2.45, 2.75) is 13.5 Å². The Morgan fingerprint density at radius 3 is 3.13 bits per heavy atom. The first kappa shape index (κ1) is 10.3. The highest BCUT2D eigenvalue weighted by molar-refractivity contribution is 7.71. The Morgan fingerprint density at radius 1 is 1.73 bits per heavy atom. The second-order valence-electron chi connectivity index (χ2n) is 3.20. The molecule has 5 heteroatoms. The van der Waals surface area contributed by atoms with E-state index in [2.05, 4.69) is 35.1 Å². The number of allylic oxidation sites excluding steroid dienone is 1. The maximum atomic E-state index is 5.15. The van der Waals surface area contributed by atoms with Gasteiger partial charge in [-0.3, -0.25) is 9.67 Å². The molecule has 15 heavy (non-hydrogen) atoms. The first-order chi connectivity index (χ1) is 7.22. The number of nitrogens with one attached hydrogen (secondary N) is 1. The molecule has 0 bridgehead atoms. The molecule has 0 amide bonds. The lowest BCUT2D eigenvalue weighted by molar-refractivity contribution is 0.814. The summed E-state index contributed by atoms with van der Waals surface area (Å²) < 4.78 is 2.57. The van der Waals surface area contributed by atoms with Gasteiger partial charge >= 0.3 is 0 Å². The standard InChI is InChI=1S/C10H11N3S2/c1-3-4-13-9(11-12-10(13)14)8-5-7(2)15-6-8/h3,5-6H,1,4H2,2H3,(H,12,14). The summed E-state index contributed by atoms with van der Waals surface area (Å²) in [7, 11) is 0. The summed E-state index contributed by atoms with van der Waals surface area (Å²) in [6.07, 6.45) is 1.81. The van der Waals surface area contributed by atoms with Crippen molar-refractivity contribution in [3.8, 4) is 11.4 Å². The lowest BCUT2D eigenvalue weighted by Gasteiger charge is -2.00. The van der Waals surface area contributed by atoms with E-state index in [0.29, 0.717) is 11.3 Å². The van der Waals surface area contributed by atoms with Crippen LogP contribution in [0.4, 0.5) is 0 Å². The van der Waals surface area contributed by atoms with E-state index >= 15 is 0 Å². The third-order valence-corrected chi connectivity index (χ3v) is 3.23. The number of aryl methyl sites for hydroxylation is 1. The van der Waals surface area contributed by atoms with Crippen molar-refractivity contribution in [2.75, 3.05) is 0 Å². The van der Waals surface area contributed by atoms with Gasteiger partial charge in [0.2, 0.25) is 0 Å². The highest BCUT2D eigenvalue weighted by Crippen LogP contribution is 2.23. The minimum absolute atomic E-state index is 0.633. The molecule has 0 aliphatic carbocycles. The van der Waals surface area contributed by atoms with Crippen LogP contribution in [-0.2, 0) is 6.54 Å². The fourth-order valence-corrected chi connectivity index (χ4v) is 2.29. The van der Waals surface area contributed by atoms with Crippen molar-refractivity contribution in [3.05, 3.63) is 33.7 Å². The molecule has 0 spiro atoms. The monoisotopic (exact) mass is 237 g/mol. The molecule has 0 fully saturated rings. The van der Waals surface area contributed by atoms with Gasteiger partial charge in [0.25, 0.3) is 0 Å². The molecule has 0 atom stereocenters. The molecule has 78 valence electrons. The maximum absolute atomic E-state index is 5.15. The second-order valence-corrected chi connectivity index (χ2v) is 4.70. The number of thiophene rings is 1. The number of aromatic nitrogens is 3. The van der Waals surface area contributed by atoms with Crippen LogP contribution in [0.1, 0.15) is 4.88 Å². The summed E-state index contributed by atoms with van der Waals surface area (Å²) in [5, 5.41) is 9.11. The lowest BCUT2D eigenvalue weighted by atomic mass is 10.3. The van der Waals surface area contributed by atoms with Gasteiger partial charge in [-0.25, -0.2) is 0 Å². The predicted octanol–water partition coefficient (Wildman–Crippen LogP) is 3.16. The zero-order valence-electron chi connectivity index (χ0n) is 8.36. The quantitative estimate of drug-likeness (QED) is 0.657. The normalized spacial score (nSPS) is 10.5. The zero-order valence-corrected chi connectivity index (χ0v) is 9.99. The molecular weight excluding hydrogens is 226 g/mol. The Kier molecular flexibility index (Phi) is 2.83. The number of H-pyrrole nitrogens is 1. The fourth-order valence-electron chi connectivity index (χ4n) is 1.40. The van der Waals surface area contributed by atoms with Crippen molar-refractivity contribution in [3.63, 3.8) is 0 Å². The van der Waals surface area contributed by atoms with Gasteiger partial charge in [0, 0.05) is 22.4 Å². The van der Waals surface area contributed by atoms with Gasteiger partial charge in [-0.1, -0.05) is 6.08 Å². The Labute approximate surface area is 97.1 Å². The van der Waals surface area contributed by atoms with Crippen LogP contribution in [0.25, 0.3) is 11.4 Å². The molecule has 0 aliphatic rings. The molecule has 2 rings (SSSR count). The molecule has 0 saturated heterocycles. The first-order valence-corrected chi connectivity index (χ1v) is 5.83. The summed E-state index contributed by atoms with van der Waals surface area (Å²) in [6.45, 7) is 6.47. The van der Waals surface area contributed by atoms with Crippen LogP contribution in [0, 0.1) is 11.7 Å². The minimum Gasteiger partial charge on any atom is -0.296 e. The van der Waals surface area contributed by atoms with E-state index in [1.807, 2.05) is 10.6 Å². The highest BCUT2D eigenvalue weighted by Gasteiger charge is 2.08. The van der Waals surface area contributed by atoms with Crippen LogP contribution in [0.15, 0.2) is 24.1 Å². The molecule has 0 aliphatic heterocycles. The van der Waals surface area contributed by atoms with Crippen LogP contribution in [0.3, 0.4) is 0 Å². The van der Waals surface area contributed by atoms with Gasteiger partial charge in [0.05, 0.1) is 0 Å². The minimum atomic E-state index is 0.633. The van der Waals surface area contributed by atoms with E-state index in [0.717, 1.165) is 11.4 Å². The Morgan fingerprint density at radius 2 is 2.53 bits per heavy atom. The topological polar surface area (TPSA) is 33.6 Å². The maximum Gasteiger partial charge on any atom is 0.195 e. The van der Waals surface area contributed by atoms with Crippen LogP contribution >= 0.6 is 23.6 Å². The van der Waals surface area contributed by atoms with Crippen LogP contribution < -0.4 is 0 Å². The summed E-state index contributed by atoms with van der Waals surface area (Å²) in [4.78, 5) is 1.27. The van der Waals surface area contributed by atoms with Gasteiger partial charge in [0.15, 0.2) is 10.6 Å². The van der Waals surface area contributed by atoms with Gasteiger partial charge < -0.3 is 0 Å². The second kappa shape index (κ2) is 4.12. The number of nitrogens with zero attached hydrogens (tertiary/aromatic N) is 2. The zero-order chi connectivity index (χ0) is 10.8. The Hall–Kier alpha value is -1.20. The SMILES string of the molecule is C=CCn1c(-c2csc(C)c2)n[nH]c1=S. The molecule has 0 saturated carbocycles. The molecule has 3 nitrogen and oxygen atoms in total. The van der Waals surface area contributed by atoms with Crippen molar-refractivity contribution >= 4 is 23.6 Å². The molecule has 2 aromatic rings. The number of aromatic amines is 1. The van der Waals surface area contributed by atoms with E-state index < -0.39 is 0 Å². The van der Waals surface area contributed by atoms with Gasteiger partial charge in [-0.05, 0) is 25.2 Å². The number of hydrogen-bond acceptors (Lipinski definition) is 3. The predicted molar refractivity (Wildman–Crippen MR) is 65.7 cm³/mol. The summed E-state index contributed by atoms with van der Waals surface area (Å²) in [5.41, 5.74) is 1.10. The Bertz CT molecular complexity index is 533. The molecule has 0 radical (unpaired) electrons. The van der Waals surface area contributed by atoms with Gasteiger partial charge in [-0.15, -0.1) is 17.9 Å². The Balaban J connectivity index is 2.52. The molecule has 2 heterocycles. The summed E-state index contributed by atoms with van der Waals surface area (Å²) in [6, 6.07) is 2.11. The highest BCUT2D eigenvalue weighted by atomic mass is 32.1. The van der Waals surface area contributed by atoms with E-state index in [1.165, 1.54) is 4.88 Å². The van der Waals surface area contributed by atoms with Crippen molar-refractivity contribution in [1.29, 1.82) is 0 Å². The third-order valence-electron chi connectivity index (χ3n) is 2.06. The van der Waals surface area contributed by atoms with Crippen LogP contribution in [0.5, 0.6) is 0 Å². The summed E-state index contributed by atoms with van der Waals surface area (Å²) >= 11 is 6.85. The summed E-state index contributed by atoms with van der Waals surface area (Å²) in [5.74, 6) is 0.879. The van der Waals surface area contributed by atoms with E-state index in [-0.39, 0.29) is 0 Å². The molecule has 2 aromatic heterocycles. The van der Waals surface area contributed by atoms with Crippen LogP contribution in [0.2, 0.25) is 0 Å². The van der Waals surface area contributed by atoms with Crippen molar-refractivity contribution in [1.82, 2.24) is 14.8 Å². The molecule has 0 aromatic carbocycles. The van der Waals surface area contributed by atoms with Crippen LogP contribution in [-0.4, -0.2) is 14.8 Å². The number of rotatable bonds is 3. The van der Waals surface area contributed by atoms with E-state index in [9.17, 15) is 0 Å². The molecular formula is C10H11N3S2. The third kappa shape index (κ3) is 1.93. The molecule has 0 unspecified atom stereocenters. The van der Waals surface area contributed by atoms with E-state index in [4.69, 9.17) is 12.2 Å². The number of hydrogen-bond donors (Lipinski definition) is 1. The van der Waals surface area contributed by atoms with E-state index in [1.54, 1.807) is 11.3 Å². The average molecular weight is 237 g/mol. The first-order valence-electron chi connectivity index (χ1n) is 4.54. The van der Waals surface area contributed by atoms with Gasteiger partial charge in [-0.2, -0.15) is 5.10 Å². The van der Waals surface area contributed by atoms with Gasteiger partial charge in [0.1, 0.15) is 0 Å². The lowest BCUT2D eigenvalue weighted by Crippen LogP contribution is -1.97. The smallest absolute Gasteiger partial charge is 0.195 e. The van der Waals surface area contributed by atoms with Crippen molar-refractivity contribution < 1.29 is 0 Å². The van der Waals surface area contributed by atoms with Crippen molar-refractivity contribution in [2.24, 2.45) is 0 Å². The fraction of sp³-hybridized carbons (Fsp3) is 0.200. The molecule has 1 N–H and O–H groups in total. The average Bonchev–Trinajstić information content (AvgIpc) is 2.76. The largest absolute Gasteiger partial charge is 0.296 e.